The van der Waals surface area contributed by atoms with E-state index in [0.29, 0.717) is 11.3 Å². The Balaban J connectivity index is 1.82. The zero-order valence-electron chi connectivity index (χ0n) is 23.4. The summed E-state index contributed by atoms with van der Waals surface area (Å²) in [7, 11) is 1.35. The number of methoxy groups -OCH3 is 1. The van der Waals surface area contributed by atoms with E-state index in [1.165, 1.54) is 29.0 Å². The van der Waals surface area contributed by atoms with Gasteiger partial charge in [-0.05, 0) is 59.7 Å². The molecule has 1 fully saturated rings. The number of benzene rings is 1. The molecule has 2 aliphatic rings. The molecule has 212 valence electrons. The van der Waals surface area contributed by atoms with E-state index in [-0.39, 0.29) is 43.4 Å². The average Bonchev–Trinajstić information content (AvgIpc) is 2.85. The summed E-state index contributed by atoms with van der Waals surface area (Å²) >= 11 is 0. The van der Waals surface area contributed by atoms with E-state index in [4.69, 9.17) is 14.2 Å². The van der Waals surface area contributed by atoms with E-state index in [0.717, 1.165) is 0 Å². The van der Waals surface area contributed by atoms with Crippen molar-refractivity contribution >= 4 is 23.7 Å². The molecular weight excluding hydrogens is 512 g/mol. The topological polar surface area (TPSA) is 97.3 Å². The molecule has 39 heavy (non-hydrogen) atoms. The molecule has 2 amide bonds. The molecule has 4 rings (SSSR count). The number of carbonyl (C=O) groups excluding carboxylic acids is 2. The average molecular weight is 548 g/mol. The third-order valence-corrected chi connectivity index (χ3v) is 6.37. The van der Waals surface area contributed by atoms with E-state index in [1.807, 2.05) is 0 Å². The highest BCUT2D eigenvalue weighted by Gasteiger charge is 2.52. The van der Waals surface area contributed by atoms with Gasteiger partial charge < -0.3 is 24.0 Å². The Hall–Kier alpha value is -3.70. The van der Waals surface area contributed by atoms with Gasteiger partial charge in [0.2, 0.25) is 0 Å². The third-order valence-electron chi connectivity index (χ3n) is 6.37. The lowest BCUT2D eigenvalue weighted by atomic mass is 9.91. The van der Waals surface area contributed by atoms with Crippen molar-refractivity contribution in [2.24, 2.45) is 0 Å². The van der Waals surface area contributed by atoms with Gasteiger partial charge in [0.05, 0.1) is 31.6 Å². The van der Waals surface area contributed by atoms with Crippen LogP contribution in [-0.2, 0) is 9.47 Å². The van der Waals surface area contributed by atoms with Crippen molar-refractivity contribution in [2.45, 2.75) is 58.3 Å². The van der Waals surface area contributed by atoms with Crippen LogP contribution in [0.3, 0.4) is 0 Å². The van der Waals surface area contributed by atoms with Crippen molar-refractivity contribution in [3.05, 3.63) is 30.1 Å². The molecule has 12 heteroatoms. The Bertz CT molecular complexity index is 1260. The number of ether oxygens (including phenoxy) is 3. The summed E-state index contributed by atoms with van der Waals surface area (Å²) in [6.45, 7) is 9.88. The summed E-state index contributed by atoms with van der Waals surface area (Å²) in [6, 6.07) is 6.05. The number of hydrogen-bond acceptors (Lipinski definition) is 8. The maximum Gasteiger partial charge on any atom is 0.416 e. The first-order chi connectivity index (χ1) is 18.2. The summed E-state index contributed by atoms with van der Waals surface area (Å²) in [5.41, 5.74) is -1.84. The Morgan fingerprint density at radius 2 is 1.67 bits per heavy atom. The van der Waals surface area contributed by atoms with Gasteiger partial charge in [-0.15, -0.1) is 10.2 Å². The molecule has 0 radical (unpaired) electrons. The summed E-state index contributed by atoms with van der Waals surface area (Å²) < 4.78 is 46.0. The van der Waals surface area contributed by atoms with Gasteiger partial charge in [0.25, 0.3) is 0 Å². The second-order valence-corrected chi connectivity index (χ2v) is 11.7. The molecule has 0 N–H and O–H groups in total. The molecule has 1 atom stereocenters. The van der Waals surface area contributed by atoms with E-state index >= 15 is 4.39 Å². The number of halogens is 2. The predicted octanol–water partition coefficient (Wildman–Crippen LogP) is 4.81. The van der Waals surface area contributed by atoms with Crippen molar-refractivity contribution in [3.8, 4) is 17.0 Å². The second-order valence-electron chi connectivity index (χ2n) is 11.7. The number of rotatable bonds is 3. The molecule has 1 unspecified atom stereocenters. The number of aromatic nitrogens is 2. The van der Waals surface area contributed by atoms with Crippen molar-refractivity contribution < 1.29 is 32.6 Å². The Kier molecular flexibility index (Phi) is 7.35. The molecule has 2 aromatic rings. The second kappa shape index (κ2) is 10.1. The summed E-state index contributed by atoms with van der Waals surface area (Å²) in [5.74, 6) is -0.412. The number of fused-ring (bicyclic) bond motifs is 3. The van der Waals surface area contributed by atoms with Gasteiger partial charge in [-0.3, -0.25) is 4.90 Å². The number of carbonyl (C=O) groups is 2. The Morgan fingerprint density at radius 1 is 1.00 bits per heavy atom. The molecule has 0 spiro atoms. The number of nitrogens with zero attached hydrogens (tertiary/aromatic N) is 5. The monoisotopic (exact) mass is 547 g/mol. The van der Waals surface area contributed by atoms with E-state index < -0.39 is 41.4 Å². The number of hydrogen-bond donors (Lipinski definition) is 0. The highest BCUT2D eigenvalue weighted by molar-refractivity contribution is 5.94. The largest absolute Gasteiger partial charge is 0.493 e. The number of alkyl halides is 1. The number of para-hydroxylation sites is 1. The molecular formula is C27H35F2N5O5. The van der Waals surface area contributed by atoms with Crippen LogP contribution in [0.15, 0.2) is 24.3 Å². The first kappa shape index (κ1) is 28.3. The van der Waals surface area contributed by atoms with E-state index in [2.05, 4.69) is 10.2 Å². The summed E-state index contributed by atoms with van der Waals surface area (Å²) in [5, 5.41) is 8.58. The van der Waals surface area contributed by atoms with Crippen molar-refractivity contribution in [2.75, 3.05) is 49.8 Å². The SMILES string of the molecule is COc1c(F)cccc1-c1cc2c(nn1)N(C(=O)OC(C)(C)C)CC1(CF)CN(C(=O)OC(C)(C)C)CCN21. The van der Waals surface area contributed by atoms with Gasteiger partial charge in [0.1, 0.15) is 23.4 Å². The minimum absolute atomic E-state index is 0.0157. The molecule has 10 nitrogen and oxygen atoms in total. The maximum atomic E-state index is 15.1. The highest BCUT2D eigenvalue weighted by Crippen LogP contribution is 2.43. The minimum atomic E-state index is -1.31. The van der Waals surface area contributed by atoms with Crippen LogP contribution in [0.5, 0.6) is 5.75 Å². The van der Waals surface area contributed by atoms with Crippen molar-refractivity contribution in [1.29, 1.82) is 0 Å². The Labute approximate surface area is 226 Å². The van der Waals surface area contributed by atoms with Crippen LogP contribution in [-0.4, -0.2) is 84.0 Å². The van der Waals surface area contributed by atoms with Crippen molar-refractivity contribution in [1.82, 2.24) is 15.1 Å². The predicted molar refractivity (Wildman–Crippen MR) is 141 cm³/mol. The molecule has 2 aliphatic heterocycles. The highest BCUT2D eigenvalue weighted by atomic mass is 19.1. The van der Waals surface area contributed by atoms with Gasteiger partial charge >= 0.3 is 12.2 Å². The lowest BCUT2D eigenvalue weighted by Gasteiger charge is -2.54. The van der Waals surface area contributed by atoms with Gasteiger partial charge in [-0.2, -0.15) is 0 Å². The van der Waals surface area contributed by atoms with Crippen LogP contribution >= 0.6 is 0 Å². The fourth-order valence-corrected chi connectivity index (χ4v) is 4.78. The smallest absolute Gasteiger partial charge is 0.416 e. The zero-order chi connectivity index (χ0) is 28.8. The van der Waals surface area contributed by atoms with Crippen LogP contribution in [0.25, 0.3) is 11.3 Å². The normalized spacial score (nSPS) is 19.3. The third kappa shape index (κ3) is 5.69. The van der Waals surface area contributed by atoms with Crippen LogP contribution in [0, 0.1) is 5.82 Å². The number of amides is 2. The lowest BCUT2D eigenvalue weighted by Crippen LogP contribution is -2.71. The van der Waals surface area contributed by atoms with Gasteiger partial charge in [-0.1, -0.05) is 6.07 Å². The lowest BCUT2D eigenvalue weighted by molar-refractivity contribution is 0.0142. The zero-order valence-corrected chi connectivity index (χ0v) is 23.4. The fourth-order valence-electron chi connectivity index (χ4n) is 4.78. The first-order valence-electron chi connectivity index (χ1n) is 12.7. The molecule has 0 aliphatic carbocycles. The van der Waals surface area contributed by atoms with Crippen LogP contribution < -0.4 is 14.5 Å². The van der Waals surface area contributed by atoms with E-state index in [9.17, 15) is 14.0 Å². The Morgan fingerprint density at radius 3 is 2.28 bits per heavy atom. The number of anilines is 2. The summed E-state index contributed by atoms with van der Waals surface area (Å²) in [6.07, 6.45) is -1.29. The first-order valence-corrected chi connectivity index (χ1v) is 12.7. The van der Waals surface area contributed by atoms with Gasteiger partial charge in [-0.25, -0.2) is 18.4 Å². The van der Waals surface area contributed by atoms with Crippen LogP contribution in [0.2, 0.25) is 0 Å². The standard InChI is InChI=1S/C27H35F2N5O5/c1-25(2,3)38-23(35)32-11-12-34-20-13-19(17-9-8-10-18(29)21(17)37-7)30-31-22(20)33(16-27(34,14-28)15-32)24(36)39-26(4,5)6/h8-10,13H,11-12,14-16H2,1-7H3. The van der Waals surface area contributed by atoms with Crippen LogP contribution in [0.4, 0.5) is 29.9 Å². The summed E-state index contributed by atoms with van der Waals surface area (Å²) in [4.78, 5) is 30.7. The van der Waals surface area contributed by atoms with Gasteiger partial charge in [0.15, 0.2) is 17.4 Å². The molecule has 0 saturated carbocycles. The number of piperazine rings is 1. The molecule has 1 aromatic heterocycles. The molecule has 3 heterocycles. The maximum absolute atomic E-state index is 15.1. The fraction of sp³-hybridized carbons (Fsp3) is 0.556. The van der Waals surface area contributed by atoms with E-state index in [1.54, 1.807) is 58.6 Å². The van der Waals surface area contributed by atoms with Crippen molar-refractivity contribution in [3.63, 3.8) is 0 Å². The van der Waals surface area contributed by atoms with Gasteiger partial charge in [0, 0.05) is 18.7 Å². The molecule has 1 saturated heterocycles. The molecule has 0 bridgehead atoms. The molecule has 1 aromatic carbocycles. The quantitative estimate of drug-likeness (QED) is 0.540. The van der Waals surface area contributed by atoms with Crippen LogP contribution in [0.1, 0.15) is 41.5 Å². The minimum Gasteiger partial charge on any atom is -0.493 e.